The van der Waals surface area contributed by atoms with E-state index in [0.717, 1.165) is 25.7 Å². The maximum atomic E-state index is 11.3. The number of phenolic OH excluding ortho intramolecular Hbond substituents is 1. The second kappa shape index (κ2) is 8.89. The summed E-state index contributed by atoms with van der Waals surface area (Å²) in [6.45, 7) is 3.61. The van der Waals surface area contributed by atoms with E-state index in [0.29, 0.717) is 5.75 Å². The molecular weight excluding hydrogens is 532 g/mol. The number of amides is 1. The fourth-order valence-corrected chi connectivity index (χ4v) is 4.45. The third kappa shape index (κ3) is 5.51. The molecule has 0 fully saturated rings. The molecule has 0 spiro atoms. The van der Waals surface area contributed by atoms with Crippen LogP contribution in [0.1, 0.15) is 25.8 Å². The van der Waals surface area contributed by atoms with Crippen LogP contribution in [0.2, 0.25) is 0 Å². The van der Waals surface area contributed by atoms with Crippen LogP contribution in [0, 0.1) is 7.14 Å². The fourth-order valence-electron chi connectivity index (χ4n) is 2.33. The third-order valence-electron chi connectivity index (χ3n) is 3.50. The van der Waals surface area contributed by atoms with Crippen LogP contribution >= 0.6 is 45.2 Å². The number of phenols is 1. The topological polar surface area (TPSA) is 58.6 Å². The average Bonchev–Trinajstić information content (AvgIpc) is 2.51. The van der Waals surface area contributed by atoms with Gasteiger partial charge in [-0.15, -0.1) is 0 Å². The minimum absolute atomic E-state index is 0.00136. The molecule has 24 heavy (non-hydrogen) atoms. The zero-order chi connectivity index (χ0) is 17.7. The minimum atomic E-state index is -0.00136. The van der Waals surface area contributed by atoms with Gasteiger partial charge in [-0.3, -0.25) is 4.79 Å². The molecule has 0 unspecified atom stereocenters. The molecule has 2 aromatic rings. The van der Waals surface area contributed by atoms with Crippen molar-refractivity contribution >= 4 is 51.1 Å². The van der Waals surface area contributed by atoms with E-state index in [1.165, 1.54) is 5.56 Å². The van der Waals surface area contributed by atoms with Gasteiger partial charge in [-0.25, -0.2) is 0 Å². The number of hydrogen-bond donors (Lipinski definition) is 2. The van der Waals surface area contributed by atoms with E-state index in [9.17, 15) is 9.90 Å². The number of carbonyl (C=O) groups excluding carboxylic acids is 1. The summed E-state index contributed by atoms with van der Waals surface area (Å²) in [6, 6.07) is 11.0. The van der Waals surface area contributed by atoms with Crippen molar-refractivity contribution < 1.29 is 14.6 Å². The quantitative estimate of drug-likeness (QED) is 0.506. The van der Waals surface area contributed by atoms with Crippen molar-refractivity contribution in [2.24, 2.45) is 0 Å². The van der Waals surface area contributed by atoms with E-state index in [2.05, 4.69) is 69.6 Å². The summed E-state index contributed by atoms with van der Waals surface area (Å²) in [6.07, 6.45) is 1.68. The smallest absolute Gasteiger partial charge is 0.217 e. The van der Waals surface area contributed by atoms with E-state index in [1.54, 1.807) is 31.2 Å². The van der Waals surface area contributed by atoms with Gasteiger partial charge in [0.1, 0.15) is 11.5 Å². The van der Waals surface area contributed by atoms with Crippen molar-refractivity contribution in [3.8, 4) is 17.2 Å². The van der Waals surface area contributed by atoms with Gasteiger partial charge in [-0.05, 0) is 100.0 Å². The van der Waals surface area contributed by atoms with Crippen LogP contribution in [0.5, 0.6) is 17.2 Å². The maximum absolute atomic E-state index is 11.3. The normalized spacial score (nSPS) is 11.8. The molecule has 4 nitrogen and oxygen atoms in total. The molecule has 0 saturated carbocycles. The Balaban J connectivity index is 2.18. The van der Waals surface area contributed by atoms with Gasteiger partial charge in [-0.2, -0.15) is 0 Å². The first-order valence-corrected chi connectivity index (χ1v) is 9.76. The first-order chi connectivity index (χ1) is 11.4. The van der Waals surface area contributed by atoms with Crippen LogP contribution in [-0.2, 0) is 11.2 Å². The molecule has 0 heterocycles. The third-order valence-corrected chi connectivity index (χ3v) is 5.10. The van der Waals surface area contributed by atoms with Gasteiger partial charge in [0, 0.05) is 13.0 Å². The summed E-state index contributed by atoms with van der Waals surface area (Å²) in [4.78, 5) is 11.3. The van der Waals surface area contributed by atoms with Crippen molar-refractivity contribution in [1.82, 2.24) is 5.32 Å². The van der Waals surface area contributed by atoms with Crippen LogP contribution in [0.4, 0.5) is 0 Å². The molecule has 0 aromatic heterocycles. The van der Waals surface area contributed by atoms with Crippen LogP contribution in [0.15, 0.2) is 36.4 Å². The SMILES string of the molecule is CC[C@H](Cc1cc(I)c(Oc2ccc(O)cc2)c(I)c1)NC(C)=O. The van der Waals surface area contributed by atoms with Gasteiger partial charge >= 0.3 is 0 Å². The summed E-state index contributed by atoms with van der Waals surface area (Å²) < 4.78 is 7.98. The molecule has 1 amide bonds. The Kier molecular flexibility index (Phi) is 7.15. The molecule has 128 valence electrons. The van der Waals surface area contributed by atoms with Crippen LogP contribution in [-0.4, -0.2) is 17.1 Å². The Morgan fingerprint density at radius 3 is 2.29 bits per heavy atom. The summed E-state index contributed by atoms with van der Waals surface area (Å²) in [7, 11) is 0. The Morgan fingerprint density at radius 2 is 1.79 bits per heavy atom. The highest BCUT2D eigenvalue weighted by Gasteiger charge is 2.14. The van der Waals surface area contributed by atoms with Crippen LogP contribution in [0.3, 0.4) is 0 Å². The number of aromatic hydroxyl groups is 1. The second-order valence-electron chi connectivity index (χ2n) is 5.49. The van der Waals surface area contributed by atoms with Crippen molar-refractivity contribution in [2.45, 2.75) is 32.7 Å². The van der Waals surface area contributed by atoms with Crippen molar-refractivity contribution in [1.29, 1.82) is 0 Å². The Bertz CT molecular complexity index is 694. The fraction of sp³-hybridized carbons (Fsp3) is 0.278. The monoisotopic (exact) mass is 551 g/mol. The number of rotatable bonds is 6. The Hall–Kier alpha value is -1.03. The van der Waals surface area contributed by atoms with Gasteiger partial charge in [0.25, 0.3) is 0 Å². The first kappa shape index (κ1) is 19.3. The molecule has 0 aliphatic carbocycles. The number of carbonyl (C=O) groups is 1. The van der Waals surface area contributed by atoms with Crippen LogP contribution < -0.4 is 10.1 Å². The summed E-state index contributed by atoms with van der Waals surface area (Å²) in [5, 5.41) is 12.3. The van der Waals surface area contributed by atoms with E-state index >= 15 is 0 Å². The number of hydrogen-bond acceptors (Lipinski definition) is 3. The van der Waals surface area contributed by atoms with E-state index in [-0.39, 0.29) is 17.7 Å². The molecule has 0 bridgehead atoms. The maximum Gasteiger partial charge on any atom is 0.217 e. The Morgan fingerprint density at radius 1 is 1.21 bits per heavy atom. The highest BCUT2D eigenvalue weighted by atomic mass is 127. The van der Waals surface area contributed by atoms with E-state index < -0.39 is 0 Å². The van der Waals surface area contributed by atoms with E-state index in [1.807, 2.05) is 0 Å². The molecule has 0 aliphatic rings. The predicted molar refractivity (Wildman–Crippen MR) is 112 cm³/mol. The molecule has 2 N–H and O–H groups in total. The van der Waals surface area contributed by atoms with Gasteiger partial charge in [0.15, 0.2) is 5.75 Å². The molecule has 0 saturated heterocycles. The predicted octanol–water partition coefficient (Wildman–Crippen LogP) is 4.85. The summed E-state index contributed by atoms with van der Waals surface area (Å²) in [5.74, 6) is 1.70. The molecule has 2 rings (SSSR count). The lowest BCUT2D eigenvalue weighted by Gasteiger charge is -2.17. The standard InChI is InChI=1S/C18H19I2NO3/c1-3-13(21-11(2)22)8-12-9-16(19)18(17(20)10-12)24-15-6-4-14(23)5-7-15/h4-7,9-10,13,23H,3,8H2,1-2H3,(H,21,22)/t13-/m1/s1. The minimum Gasteiger partial charge on any atom is -0.508 e. The van der Waals surface area contributed by atoms with Crippen molar-refractivity contribution in [3.05, 3.63) is 49.1 Å². The van der Waals surface area contributed by atoms with Crippen LogP contribution in [0.25, 0.3) is 0 Å². The summed E-state index contributed by atoms with van der Waals surface area (Å²) >= 11 is 4.53. The first-order valence-electron chi connectivity index (χ1n) is 7.61. The largest absolute Gasteiger partial charge is 0.508 e. The number of ether oxygens (including phenoxy) is 1. The summed E-state index contributed by atoms with van der Waals surface area (Å²) in [5.41, 5.74) is 1.17. The zero-order valence-corrected chi connectivity index (χ0v) is 17.8. The molecular formula is C18H19I2NO3. The van der Waals surface area contributed by atoms with Crippen molar-refractivity contribution in [3.63, 3.8) is 0 Å². The lowest BCUT2D eigenvalue weighted by Crippen LogP contribution is -2.34. The lowest BCUT2D eigenvalue weighted by molar-refractivity contribution is -0.119. The molecule has 0 aliphatic heterocycles. The molecule has 2 aromatic carbocycles. The Labute approximate surface area is 169 Å². The average molecular weight is 551 g/mol. The number of halogens is 2. The zero-order valence-electron chi connectivity index (χ0n) is 13.5. The number of nitrogens with one attached hydrogen (secondary N) is 1. The van der Waals surface area contributed by atoms with E-state index in [4.69, 9.17) is 4.74 Å². The van der Waals surface area contributed by atoms with Gasteiger partial charge in [0.2, 0.25) is 5.91 Å². The highest BCUT2D eigenvalue weighted by molar-refractivity contribution is 14.1. The molecule has 1 atom stereocenters. The van der Waals surface area contributed by atoms with Crippen molar-refractivity contribution in [2.75, 3.05) is 0 Å². The molecule has 6 heteroatoms. The van der Waals surface area contributed by atoms with Gasteiger partial charge in [-0.1, -0.05) is 6.92 Å². The molecule has 0 radical (unpaired) electrons. The lowest BCUT2D eigenvalue weighted by atomic mass is 10.0. The van der Waals surface area contributed by atoms with Gasteiger partial charge < -0.3 is 15.2 Å². The second-order valence-corrected chi connectivity index (χ2v) is 7.82. The number of benzene rings is 2. The highest BCUT2D eigenvalue weighted by Crippen LogP contribution is 2.33. The van der Waals surface area contributed by atoms with Gasteiger partial charge in [0.05, 0.1) is 7.14 Å².